The van der Waals surface area contributed by atoms with Gasteiger partial charge in [0.15, 0.2) is 0 Å². The van der Waals surface area contributed by atoms with Crippen LogP contribution in [0.25, 0.3) is 10.2 Å². The molecule has 0 fully saturated rings. The fraction of sp³-hybridized carbons (Fsp3) is 0.381. The number of aryl methyl sites for hydroxylation is 3. The van der Waals surface area contributed by atoms with Crippen LogP contribution in [0, 0.1) is 6.92 Å². The molecule has 0 unspecified atom stereocenters. The quantitative estimate of drug-likeness (QED) is 0.697. The molecule has 5 nitrogen and oxygen atoms in total. The van der Waals surface area contributed by atoms with Crippen molar-refractivity contribution in [1.82, 2.24) is 14.5 Å². The number of thiophene rings is 1. The van der Waals surface area contributed by atoms with E-state index in [1.54, 1.807) is 23.3 Å². The third-order valence-corrected chi connectivity index (χ3v) is 6.41. The number of likely N-dealkylation sites (N-methyl/N-ethyl adjacent to an activating group) is 1. The standard InChI is InChI=1S/C21H23N3O2S/c1-14-7-9-15(10-8-14)11-23(2)18(25)12-24-13-22-20-19(21(24)26)16-5-3-4-6-17(16)27-20/h7-10,13H,3-6,11-12H2,1-2H3. The summed E-state index contributed by atoms with van der Waals surface area (Å²) in [4.78, 5) is 33.8. The van der Waals surface area contributed by atoms with Gasteiger partial charge in [0.05, 0.1) is 11.7 Å². The predicted octanol–water partition coefficient (Wildman–Crippen LogP) is 3.30. The van der Waals surface area contributed by atoms with Gasteiger partial charge in [0.25, 0.3) is 5.56 Å². The largest absolute Gasteiger partial charge is 0.340 e. The van der Waals surface area contributed by atoms with Crippen molar-refractivity contribution in [1.29, 1.82) is 0 Å². The van der Waals surface area contributed by atoms with E-state index in [-0.39, 0.29) is 18.0 Å². The van der Waals surface area contributed by atoms with Crippen LogP contribution in [0.1, 0.15) is 34.4 Å². The highest BCUT2D eigenvalue weighted by molar-refractivity contribution is 7.18. The zero-order valence-corrected chi connectivity index (χ0v) is 16.5. The van der Waals surface area contributed by atoms with Crippen LogP contribution in [0.15, 0.2) is 35.4 Å². The van der Waals surface area contributed by atoms with Crippen LogP contribution in [-0.2, 0) is 30.7 Å². The maximum atomic E-state index is 13.0. The van der Waals surface area contributed by atoms with Gasteiger partial charge >= 0.3 is 0 Å². The smallest absolute Gasteiger partial charge is 0.262 e. The number of carbonyl (C=O) groups is 1. The molecule has 0 saturated carbocycles. The molecule has 0 atom stereocenters. The normalized spacial score (nSPS) is 13.6. The molecule has 0 bridgehead atoms. The molecule has 0 N–H and O–H groups in total. The molecule has 2 aromatic heterocycles. The van der Waals surface area contributed by atoms with Gasteiger partial charge in [-0.05, 0) is 43.7 Å². The van der Waals surface area contributed by atoms with Crippen molar-refractivity contribution in [3.05, 3.63) is 62.5 Å². The fourth-order valence-corrected chi connectivity index (χ4v) is 4.84. The van der Waals surface area contributed by atoms with Crippen molar-refractivity contribution in [2.24, 2.45) is 0 Å². The number of fused-ring (bicyclic) bond motifs is 3. The third-order valence-electron chi connectivity index (χ3n) is 5.21. The summed E-state index contributed by atoms with van der Waals surface area (Å²) in [6.07, 6.45) is 5.79. The Bertz CT molecular complexity index is 1050. The van der Waals surface area contributed by atoms with Gasteiger partial charge in [0.2, 0.25) is 5.91 Å². The molecule has 4 rings (SSSR count). The summed E-state index contributed by atoms with van der Waals surface area (Å²) in [5, 5.41) is 0.728. The van der Waals surface area contributed by atoms with Crippen LogP contribution in [0.4, 0.5) is 0 Å². The van der Waals surface area contributed by atoms with E-state index in [1.807, 2.05) is 31.2 Å². The summed E-state index contributed by atoms with van der Waals surface area (Å²) in [6, 6.07) is 8.12. The van der Waals surface area contributed by atoms with Crippen molar-refractivity contribution < 1.29 is 4.79 Å². The minimum Gasteiger partial charge on any atom is -0.340 e. The van der Waals surface area contributed by atoms with Gasteiger partial charge in [-0.3, -0.25) is 14.2 Å². The summed E-state index contributed by atoms with van der Waals surface area (Å²) < 4.78 is 1.46. The van der Waals surface area contributed by atoms with Crippen LogP contribution >= 0.6 is 11.3 Å². The van der Waals surface area contributed by atoms with Gasteiger partial charge in [-0.25, -0.2) is 4.98 Å². The average Bonchev–Trinajstić information content (AvgIpc) is 3.05. The van der Waals surface area contributed by atoms with Crippen LogP contribution in [0.2, 0.25) is 0 Å². The summed E-state index contributed by atoms with van der Waals surface area (Å²) >= 11 is 1.63. The number of hydrogen-bond acceptors (Lipinski definition) is 4. The lowest BCUT2D eigenvalue weighted by Crippen LogP contribution is -2.33. The number of hydrogen-bond donors (Lipinski definition) is 0. The van der Waals surface area contributed by atoms with E-state index in [2.05, 4.69) is 4.98 Å². The molecule has 6 heteroatoms. The zero-order chi connectivity index (χ0) is 19.0. The molecule has 140 valence electrons. The van der Waals surface area contributed by atoms with Crippen molar-refractivity contribution >= 4 is 27.5 Å². The Morgan fingerprint density at radius 2 is 1.96 bits per heavy atom. The van der Waals surface area contributed by atoms with Gasteiger partial charge in [-0.2, -0.15) is 0 Å². The Morgan fingerprint density at radius 1 is 1.22 bits per heavy atom. The van der Waals surface area contributed by atoms with E-state index in [4.69, 9.17) is 0 Å². The van der Waals surface area contributed by atoms with Crippen molar-refractivity contribution in [2.45, 2.75) is 45.7 Å². The number of benzene rings is 1. The monoisotopic (exact) mass is 381 g/mol. The fourth-order valence-electron chi connectivity index (χ4n) is 3.62. The lowest BCUT2D eigenvalue weighted by molar-refractivity contribution is -0.131. The number of aromatic nitrogens is 2. The van der Waals surface area contributed by atoms with E-state index >= 15 is 0 Å². The molecule has 0 radical (unpaired) electrons. The summed E-state index contributed by atoms with van der Waals surface area (Å²) in [5.74, 6) is -0.0945. The second-order valence-corrected chi connectivity index (χ2v) is 8.39. The Hall–Kier alpha value is -2.47. The van der Waals surface area contributed by atoms with Gasteiger partial charge in [0.1, 0.15) is 11.4 Å². The molecule has 1 amide bonds. The van der Waals surface area contributed by atoms with Crippen molar-refractivity contribution in [2.75, 3.05) is 7.05 Å². The molecule has 0 aliphatic heterocycles. The second-order valence-electron chi connectivity index (χ2n) is 7.30. The number of carbonyl (C=O) groups excluding carboxylic acids is 1. The molecule has 1 aliphatic carbocycles. The molecule has 0 saturated heterocycles. The van der Waals surface area contributed by atoms with Crippen molar-refractivity contribution in [3.8, 4) is 0 Å². The number of amides is 1. The van der Waals surface area contributed by atoms with Crippen LogP contribution < -0.4 is 5.56 Å². The average molecular weight is 382 g/mol. The third kappa shape index (κ3) is 3.54. The first-order valence-corrected chi connectivity index (χ1v) is 10.1. The molecular formula is C21H23N3O2S. The van der Waals surface area contributed by atoms with E-state index in [1.165, 1.54) is 27.8 Å². The highest BCUT2D eigenvalue weighted by Crippen LogP contribution is 2.33. The Kier molecular flexibility index (Phi) is 4.83. The van der Waals surface area contributed by atoms with Crippen LogP contribution in [-0.4, -0.2) is 27.4 Å². The molecule has 3 aromatic rings. The van der Waals surface area contributed by atoms with E-state index in [9.17, 15) is 9.59 Å². The van der Waals surface area contributed by atoms with Crippen molar-refractivity contribution in [3.63, 3.8) is 0 Å². The minimum atomic E-state index is -0.0945. The highest BCUT2D eigenvalue weighted by Gasteiger charge is 2.21. The topological polar surface area (TPSA) is 55.2 Å². The molecular weight excluding hydrogens is 358 g/mol. The first-order valence-electron chi connectivity index (χ1n) is 9.32. The van der Waals surface area contributed by atoms with E-state index in [0.29, 0.717) is 6.54 Å². The first-order chi connectivity index (χ1) is 13.0. The molecule has 2 heterocycles. The Balaban J connectivity index is 1.55. The lowest BCUT2D eigenvalue weighted by atomic mass is 9.97. The van der Waals surface area contributed by atoms with Crippen LogP contribution in [0.3, 0.4) is 0 Å². The molecule has 1 aromatic carbocycles. The van der Waals surface area contributed by atoms with Gasteiger partial charge in [0, 0.05) is 18.5 Å². The molecule has 27 heavy (non-hydrogen) atoms. The molecule has 0 spiro atoms. The lowest BCUT2D eigenvalue weighted by Gasteiger charge is -2.18. The summed E-state index contributed by atoms with van der Waals surface area (Å²) in [5.41, 5.74) is 3.34. The SMILES string of the molecule is Cc1ccc(CN(C)C(=O)Cn2cnc3sc4c(c3c2=O)CCCC4)cc1. The molecule has 1 aliphatic rings. The Morgan fingerprint density at radius 3 is 2.74 bits per heavy atom. The maximum absolute atomic E-state index is 13.0. The number of nitrogens with zero attached hydrogens (tertiary/aromatic N) is 3. The van der Waals surface area contributed by atoms with Crippen LogP contribution in [0.5, 0.6) is 0 Å². The van der Waals surface area contributed by atoms with E-state index < -0.39 is 0 Å². The minimum absolute atomic E-state index is 0.0226. The highest BCUT2D eigenvalue weighted by atomic mass is 32.1. The van der Waals surface area contributed by atoms with E-state index in [0.717, 1.165) is 40.6 Å². The summed E-state index contributed by atoms with van der Waals surface area (Å²) in [6.45, 7) is 2.59. The van der Waals surface area contributed by atoms with Gasteiger partial charge in [-0.15, -0.1) is 11.3 Å². The summed E-state index contributed by atoms with van der Waals surface area (Å²) in [7, 11) is 1.77. The first kappa shape index (κ1) is 17.9. The number of rotatable bonds is 4. The van der Waals surface area contributed by atoms with Gasteiger partial charge < -0.3 is 4.90 Å². The Labute approximate surface area is 162 Å². The maximum Gasteiger partial charge on any atom is 0.262 e. The second kappa shape index (κ2) is 7.27. The van der Waals surface area contributed by atoms with Gasteiger partial charge in [-0.1, -0.05) is 29.8 Å². The predicted molar refractivity (Wildman–Crippen MR) is 108 cm³/mol. The zero-order valence-electron chi connectivity index (χ0n) is 15.7.